The first-order valence-corrected chi connectivity index (χ1v) is 12.4. The number of amides is 1. The molecule has 1 aliphatic carbocycles. The van der Waals surface area contributed by atoms with E-state index in [-0.39, 0.29) is 5.91 Å². The molecule has 6 heteroatoms. The zero-order valence-electron chi connectivity index (χ0n) is 19.7. The molecule has 2 aromatic rings. The lowest BCUT2D eigenvalue weighted by molar-refractivity contribution is -0.117. The largest absolute Gasteiger partial charge is 0.454 e. The van der Waals surface area contributed by atoms with E-state index in [1.54, 1.807) is 0 Å². The average Bonchev–Trinajstić information content (AvgIpc) is 3.26. The van der Waals surface area contributed by atoms with Gasteiger partial charge >= 0.3 is 0 Å². The van der Waals surface area contributed by atoms with Crippen molar-refractivity contribution in [2.75, 3.05) is 31.5 Å². The van der Waals surface area contributed by atoms with Crippen LogP contribution in [-0.4, -0.2) is 53.8 Å². The van der Waals surface area contributed by atoms with E-state index < -0.39 is 0 Å². The Bertz CT molecular complexity index is 1030. The molecule has 0 radical (unpaired) electrons. The number of carbonyl (C=O) groups excluding carboxylic acids is 1. The third-order valence-corrected chi connectivity index (χ3v) is 7.11. The van der Waals surface area contributed by atoms with Crippen LogP contribution in [0.15, 0.2) is 47.5 Å². The van der Waals surface area contributed by atoms with Gasteiger partial charge in [0.05, 0.1) is 5.56 Å². The summed E-state index contributed by atoms with van der Waals surface area (Å²) in [6, 6.07) is 14.4. The molecule has 1 saturated carbocycles. The number of fused-ring (bicyclic) bond motifs is 2. The monoisotopic (exact) mass is 446 g/mol. The Morgan fingerprint density at radius 2 is 1.82 bits per heavy atom. The molecule has 1 saturated heterocycles. The Balaban J connectivity index is 1.43. The first-order valence-electron chi connectivity index (χ1n) is 12.4. The molecule has 0 unspecified atom stereocenters. The Labute approximate surface area is 196 Å². The van der Waals surface area contributed by atoms with E-state index >= 15 is 0 Å². The number of benzene rings is 2. The summed E-state index contributed by atoms with van der Waals surface area (Å²) < 4.78 is 6.29. The molecule has 0 bridgehead atoms. The van der Waals surface area contributed by atoms with Crippen LogP contribution in [0.3, 0.4) is 0 Å². The van der Waals surface area contributed by atoms with Crippen molar-refractivity contribution in [2.45, 2.75) is 52.0 Å². The van der Waals surface area contributed by atoms with E-state index in [9.17, 15) is 4.79 Å². The van der Waals surface area contributed by atoms with Gasteiger partial charge in [-0.15, -0.1) is 0 Å². The number of nitrogens with one attached hydrogen (secondary N) is 1. The molecule has 6 nitrogen and oxygen atoms in total. The number of amidine groups is 1. The van der Waals surface area contributed by atoms with Crippen molar-refractivity contribution in [1.82, 2.24) is 9.80 Å². The Morgan fingerprint density at radius 3 is 2.58 bits per heavy atom. The highest BCUT2D eigenvalue weighted by atomic mass is 16.5. The first-order chi connectivity index (χ1) is 16.1. The average molecular weight is 447 g/mol. The molecule has 1 amide bonds. The number of hydrogen-bond acceptors (Lipinski definition) is 5. The summed E-state index contributed by atoms with van der Waals surface area (Å²) >= 11 is 0. The predicted molar refractivity (Wildman–Crippen MR) is 133 cm³/mol. The summed E-state index contributed by atoms with van der Waals surface area (Å²) in [5, 5.41) is 3.13. The van der Waals surface area contributed by atoms with Gasteiger partial charge in [0.25, 0.3) is 0 Å². The quantitative estimate of drug-likeness (QED) is 0.682. The second-order valence-electron chi connectivity index (χ2n) is 9.74. The van der Waals surface area contributed by atoms with Crippen molar-refractivity contribution in [1.29, 1.82) is 0 Å². The van der Waals surface area contributed by atoms with Crippen molar-refractivity contribution in [3.63, 3.8) is 0 Å². The molecule has 5 rings (SSSR count). The fraction of sp³-hybridized carbons (Fsp3) is 0.481. The molecule has 2 aromatic carbocycles. The maximum absolute atomic E-state index is 12.7. The van der Waals surface area contributed by atoms with Crippen LogP contribution in [-0.2, 0) is 4.79 Å². The van der Waals surface area contributed by atoms with Crippen molar-refractivity contribution in [3.8, 4) is 11.5 Å². The van der Waals surface area contributed by atoms with Gasteiger partial charge in [-0.3, -0.25) is 9.69 Å². The van der Waals surface area contributed by atoms with Gasteiger partial charge in [-0.25, -0.2) is 4.99 Å². The van der Waals surface area contributed by atoms with Crippen LogP contribution in [0.25, 0.3) is 0 Å². The Kier molecular flexibility index (Phi) is 6.36. The van der Waals surface area contributed by atoms with Crippen LogP contribution in [0.2, 0.25) is 0 Å². The lowest BCUT2D eigenvalue weighted by atomic mass is 10.0. The van der Waals surface area contributed by atoms with E-state index in [0.29, 0.717) is 18.4 Å². The minimum Gasteiger partial charge on any atom is -0.454 e. The molecule has 0 atom stereocenters. The molecule has 174 valence electrons. The highest BCUT2D eigenvalue weighted by Crippen LogP contribution is 2.39. The number of para-hydroxylation sites is 2. The van der Waals surface area contributed by atoms with Gasteiger partial charge in [-0.1, -0.05) is 25.0 Å². The van der Waals surface area contributed by atoms with Crippen LogP contribution >= 0.6 is 0 Å². The Morgan fingerprint density at radius 1 is 1.06 bits per heavy atom. The topological polar surface area (TPSA) is 57.2 Å². The summed E-state index contributed by atoms with van der Waals surface area (Å²) in [6.07, 6.45) is 5.44. The van der Waals surface area contributed by atoms with Crippen LogP contribution in [0, 0.1) is 5.92 Å². The van der Waals surface area contributed by atoms with Gasteiger partial charge in [0.2, 0.25) is 5.91 Å². The van der Waals surface area contributed by atoms with E-state index in [4.69, 9.17) is 9.73 Å². The fourth-order valence-corrected chi connectivity index (χ4v) is 5.18. The molecule has 33 heavy (non-hydrogen) atoms. The van der Waals surface area contributed by atoms with Crippen molar-refractivity contribution in [2.24, 2.45) is 10.9 Å². The van der Waals surface area contributed by atoms with Gasteiger partial charge in [-0.2, -0.15) is 0 Å². The number of hydrogen-bond donors (Lipinski definition) is 1. The fourth-order valence-electron chi connectivity index (χ4n) is 5.18. The third kappa shape index (κ3) is 4.91. The summed E-state index contributed by atoms with van der Waals surface area (Å²) in [5.41, 5.74) is 2.57. The molecule has 0 aromatic heterocycles. The van der Waals surface area contributed by atoms with Crippen LogP contribution in [0.4, 0.5) is 11.4 Å². The minimum atomic E-state index is 0.101. The Hall–Kier alpha value is -2.86. The molecule has 2 aliphatic heterocycles. The summed E-state index contributed by atoms with van der Waals surface area (Å²) in [7, 11) is 0. The van der Waals surface area contributed by atoms with E-state index in [1.807, 2.05) is 42.5 Å². The molecular weight excluding hydrogens is 412 g/mol. The molecule has 2 fully saturated rings. The molecule has 2 heterocycles. The van der Waals surface area contributed by atoms with Gasteiger partial charge in [0.1, 0.15) is 17.3 Å². The molecule has 1 N–H and O–H groups in total. The second-order valence-corrected chi connectivity index (χ2v) is 9.74. The number of anilines is 1. The zero-order valence-corrected chi connectivity index (χ0v) is 19.7. The molecule has 0 spiro atoms. The van der Waals surface area contributed by atoms with E-state index in [2.05, 4.69) is 29.0 Å². The lowest BCUT2D eigenvalue weighted by Gasteiger charge is -2.38. The summed E-state index contributed by atoms with van der Waals surface area (Å²) in [4.78, 5) is 22.6. The number of aliphatic imine (C=N–C) groups is 1. The van der Waals surface area contributed by atoms with Crippen molar-refractivity contribution in [3.05, 3.63) is 48.0 Å². The number of carbonyl (C=O) groups is 1. The van der Waals surface area contributed by atoms with Crippen molar-refractivity contribution >= 4 is 23.1 Å². The van der Waals surface area contributed by atoms with E-state index in [0.717, 1.165) is 60.5 Å². The van der Waals surface area contributed by atoms with Gasteiger partial charge in [0.15, 0.2) is 5.75 Å². The smallest absolute Gasteiger partial charge is 0.224 e. The van der Waals surface area contributed by atoms with Crippen LogP contribution in [0.5, 0.6) is 11.5 Å². The minimum absolute atomic E-state index is 0.101. The molecular formula is C27H34N4O2. The van der Waals surface area contributed by atoms with Gasteiger partial charge < -0.3 is 15.0 Å². The standard InChI is InChI=1S/C27H34N4O2/c1-19(2)30-13-15-31(16-14-30)27-22-18-21(28-26(32)17-20-7-3-4-8-20)11-12-24(22)33-25-10-6-5-9-23(25)29-27/h5-6,9-12,18-20H,3-4,7-8,13-17H2,1-2H3,(H,28,32). The summed E-state index contributed by atoms with van der Waals surface area (Å²) in [5.74, 6) is 3.08. The third-order valence-electron chi connectivity index (χ3n) is 7.11. The normalized spacial score (nSPS) is 18.9. The zero-order chi connectivity index (χ0) is 22.8. The van der Waals surface area contributed by atoms with Gasteiger partial charge in [0, 0.05) is 44.3 Å². The van der Waals surface area contributed by atoms with Gasteiger partial charge in [-0.05, 0) is 62.9 Å². The number of rotatable bonds is 4. The number of nitrogens with zero attached hydrogens (tertiary/aromatic N) is 3. The first kappa shape index (κ1) is 22.0. The summed E-state index contributed by atoms with van der Waals surface area (Å²) in [6.45, 7) is 8.34. The highest BCUT2D eigenvalue weighted by Gasteiger charge is 2.27. The lowest BCUT2D eigenvalue weighted by Crippen LogP contribution is -2.50. The van der Waals surface area contributed by atoms with E-state index in [1.165, 1.54) is 25.7 Å². The predicted octanol–water partition coefficient (Wildman–Crippen LogP) is 5.42. The SMILES string of the molecule is CC(C)N1CCN(C2=Nc3ccccc3Oc3ccc(NC(=O)CC4CCCC4)cc32)CC1. The van der Waals surface area contributed by atoms with Crippen LogP contribution in [0.1, 0.15) is 51.5 Å². The maximum atomic E-state index is 12.7. The highest BCUT2D eigenvalue weighted by molar-refractivity contribution is 6.05. The number of piperazine rings is 1. The molecule has 3 aliphatic rings. The van der Waals surface area contributed by atoms with Crippen LogP contribution < -0.4 is 10.1 Å². The number of ether oxygens (including phenoxy) is 1. The second kappa shape index (κ2) is 9.56. The maximum Gasteiger partial charge on any atom is 0.224 e. The van der Waals surface area contributed by atoms with Crippen molar-refractivity contribution < 1.29 is 9.53 Å².